The van der Waals surface area contributed by atoms with E-state index in [1.807, 2.05) is 30.3 Å². The Balaban J connectivity index is 1.33. The summed E-state index contributed by atoms with van der Waals surface area (Å²) in [6.07, 6.45) is 0. The fourth-order valence-corrected chi connectivity index (χ4v) is 5.59. The third kappa shape index (κ3) is 4.12. The Morgan fingerprint density at radius 2 is 1.40 bits per heavy atom. The van der Waals surface area contributed by atoms with Crippen LogP contribution in [-0.4, -0.2) is 27.6 Å². The third-order valence-corrected chi connectivity index (χ3v) is 7.71. The number of benzene rings is 4. The molecule has 0 bridgehead atoms. The molecule has 6 rings (SSSR count). The van der Waals surface area contributed by atoms with Crippen molar-refractivity contribution in [2.75, 3.05) is 0 Å². The maximum atomic E-state index is 14.2. The highest BCUT2D eigenvalue weighted by atomic mass is 19.1. The van der Waals surface area contributed by atoms with Gasteiger partial charge in [0, 0.05) is 18.7 Å². The molecule has 6 nitrogen and oxygen atoms in total. The molecule has 0 aromatic heterocycles. The number of fused-ring (bicyclic) bond motifs is 1. The molecule has 2 N–H and O–H groups in total. The third-order valence-electron chi connectivity index (χ3n) is 7.71. The first-order valence-electron chi connectivity index (χ1n) is 12.9. The summed E-state index contributed by atoms with van der Waals surface area (Å²) in [5, 5.41) is 0. The van der Waals surface area contributed by atoms with Crippen molar-refractivity contribution < 1.29 is 18.4 Å². The van der Waals surface area contributed by atoms with Crippen LogP contribution in [0.1, 0.15) is 51.1 Å². The molecule has 4 aromatic carbocycles. The molecule has 40 heavy (non-hydrogen) atoms. The van der Waals surface area contributed by atoms with Crippen LogP contribution in [0.25, 0.3) is 0 Å². The first kappa shape index (κ1) is 25.4. The predicted octanol–water partition coefficient (Wildman–Crippen LogP) is 5.28. The summed E-state index contributed by atoms with van der Waals surface area (Å²) in [5.74, 6) is -1.52. The minimum atomic E-state index is -1.62. The first-order valence-corrected chi connectivity index (χ1v) is 12.9. The summed E-state index contributed by atoms with van der Waals surface area (Å²) in [5.41, 5.74) is 9.04. The van der Waals surface area contributed by atoms with Crippen LogP contribution in [0.15, 0.2) is 102 Å². The van der Waals surface area contributed by atoms with Crippen LogP contribution in [0.5, 0.6) is 0 Å². The van der Waals surface area contributed by atoms with Gasteiger partial charge in [0.05, 0.1) is 6.04 Å². The Hall–Kier alpha value is -4.85. The molecule has 0 spiro atoms. The number of carbonyl (C=O) groups excluding carboxylic acids is 2. The molecule has 2 heterocycles. The van der Waals surface area contributed by atoms with Crippen LogP contribution >= 0.6 is 0 Å². The number of nitrogens with zero attached hydrogens (tertiary/aromatic N) is 3. The highest BCUT2D eigenvalue weighted by Gasteiger charge is 2.52. The Bertz CT molecular complexity index is 1580. The second-order valence-electron chi connectivity index (χ2n) is 10.1. The van der Waals surface area contributed by atoms with Gasteiger partial charge in [0.15, 0.2) is 11.5 Å². The number of amides is 2. The van der Waals surface area contributed by atoms with E-state index in [1.54, 1.807) is 30.0 Å². The molecular formula is C32H26F2N4O2. The van der Waals surface area contributed by atoms with Gasteiger partial charge in [0.2, 0.25) is 0 Å². The van der Waals surface area contributed by atoms with Crippen LogP contribution in [0.3, 0.4) is 0 Å². The molecule has 2 aliphatic heterocycles. The number of hydrogen-bond acceptors (Lipinski definition) is 4. The number of guanidine groups is 1. The quantitative estimate of drug-likeness (QED) is 0.377. The monoisotopic (exact) mass is 536 g/mol. The Kier molecular flexibility index (Phi) is 6.18. The Labute approximate surface area is 230 Å². The van der Waals surface area contributed by atoms with E-state index in [2.05, 4.69) is 4.99 Å². The highest BCUT2D eigenvalue weighted by Crippen LogP contribution is 2.42. The lowest BCUT2D eigenvalue weighted by Gasteiger charge is -2.30. The van der Waals surface area contributed by atoms with E-state index in [-0.39, 0.29) is 11.9 Å². The van der Waals surface area contributed by atoms with E-state index >= 15 is 0 Å². The molecule has 1 atom stereocenters. The molecule has 0 unspecified atom stereocenters. The van der Waals surface area contributed by atoms with Gasteiger partial charge in [-0.1, -0.05) is 60.7 Å². The zero-order valence-electron chi connectivity index (χ0n) is 21.7. The number of carbonyl (C=O) groups is 2. The molecule has 0 saturated carbocycles. The van der Waals surface area contributed by atoms with Gasteiger partial charge in [-0.2, -0.15) is 0 Å². The smallest absolute Gasteiger partial charge is 0.267 e. The van der Waals surface area contributed by atoms with Crippen molar-refractivity contribution in [1.82, 2.24) is 9.80 Å². The van der Waals surface area contributed by atoms with E-state index < -0.39 is 29.1 Å². The fourth-order valence-electron chi connectivity index (χ4n) is 5.59. The van der Waals surface area contributed by atoms with Gasteiger partial charge in [0.25, 0.3) is 11.8 Å². The Morgan fingerprint density at radius 1 is 0.850 bits per heavy atom. The predicted molar refractivity (Wildman–Crippen MR) is 147 cm³/mol. The molecule has 0 saturated heterocycles. The summed E-state index contributed by atoms with van der Waals surface area (Å²) in [4.78, 5) is 35.4. The number of halogens is 2. The van der Waals surface area contributed by atoms with E-state index in [0.717, 1.165) is 11.1 Å². The molecular weight excluding hydrogens is 510 g/mol. The first-order chi connectivity index (χ1) is 19.3. The average molecular weight is 537 g/mol. The maximum Gasteiger partial charge on any atom is 0.267 e. The highest BCUT2D eigenvalue weighted by molar-refractivity contribution is 6.09. The summed E-state index contributed by atoms with van der Waals surface area (Å²) in [7, 11) is 0. The molecule has 0 aliphatic carbocycles. The van der Waals surface area contributed by atoms with Crippen molar-refractivity contribution in [3.63, 3.8) is 0 Å². The van der Waals surface area contributed by atoms with Gasteiger partial charge < -0.3 is 10.6 Å². The van der Waals surface area contributed by atoms with Crippen LogP contribution in [-0.2, 0) is 23.4 Å². The molecule has 200 valence electrons. The van der Waals surface area contributed by atoms with Gasteiger partial charge in [-0.3, -0.25) is 14.5 Å². The second-order valence-corrected chi connectivity index (χ2v) is 10.1. The number of aliphatic imine (C=N–C) groups is 1. The van der Waals surface area contributed by atoms with Crippen LogP contribution in [0.2, 0.25) is 0 Å². The minimum absolute atomic E-state index is 0.0297. The fraction of sp³-hybridized carbons (Fsp3) is 0.156. The second kappa shape index (κ2) is 9.72. The van der Waals surface area contributed by atoms with E-state index in [4.69, 9.17) is 5.73 Å². The van der Waals surface area contributed by atoms with E-state index in [1.165, 1.54) is 53.4 Å². The van der Waals surface area contributed by atoms with Gasteiger partial charge in [-0.05, 0) is 71.1 Å². The van der Waals surface area contributed by atoms with Gasteiger partial charge in [-0.15, -0.1) is 0 Å². The Morgan fingerprint density at radius 3 is 1.95 bits per heavy atom. The summed E-state index contributed by atoms with van der Waals surface area (Å²) < 4.78 is 27.6. The summed E-state index contributed by atoms with van der Waals surface area (Å²) >= 11 is 0. The lowest BCUT2D eigenvalue weighted by molar-refractivity contribution is -0.131. The lowest BCUT2D eigenvalue weighted by atomic mass is 9.82. The normalized spacial score (nSPS) is 16.6. The van der Waals surface area contributed by atoms with Crippen LogP contribution in [0.4, 0.5) is 8.78 Å². The van der Waals surface area contributed by atoms with Crippen LogP contribution < -0.4 is 5.73 Å². The average Bonchev–Trinajstić information content (AvgIpc) is 3.52. The topological polar surface area (TPSA) is 79.0 Å². The largest absolute Gasteiger partial charge is 0.369 e. The van der Waals surface area contributed by atoms with Crippen molar-refractivity contribution in [3.8, 4) is 0 Å². The minimum Gasteiger partial charge on any atom is -0.369 e. The molecule has 8 heteroatoms. The summed E-state index contributed by atoms with van der Waals surface area (Å²) in [6, 6.07) is 25.4. The number of rotatable bonds is 5. The van der Waals surface area contributed by atoms with Gasteiger partial charge in [-0.25, -0.2) is 13.8 Å². The van der Waals surface area contributed by atoms with Gasteiger partial charge in [0.1, 0.15) is 11.6 Å². The molecule has 4 aromatic rings. The molecule has 2 aliphatic rings. The number of hydrogen-bond donors (Lipinski definition) is 1. The van der Waals surface area contributed by atoms with Crippen molar-refractivity contribution >= 4 is 17.8 Å². The summed E-state index contributed by atoms with van der Waals surface area (Å²) in [6.45, 7) is 2.88. The van der Waals surface area contributed by atoms with Crippen molar-refractivity contribution in [3.05, 3.63) is 142 Å². The standard InChI is InChI=1S/C32H26F2N4O2/c1-20(21-7-4-8-22(17-21)29(39)37-18-23-5-2-3-6-24(23)19-37)38-30(40)32(36-31(38)35,25-9-13-27(33)14-10-25)26-11-15-28(34)16-12-26/h2-17,20H,18-19H2,1H3,(H2,35,36)/t20-/m1/s1. The maximum absolute atomic E-state index is 14.2. The van der Waals surface area contributed by atoms with E-state index in [0.29, 0.717) is 35.3 Å². The molecule has 0 radical (unpaired) electrons. The zero-order valence-corrected chi connectivity index (χ0v) is 21.7. The van der Waals surface area contributed by atoms with Gasteiger partial charge >= 0.3 is 0 Å². The zero-order chi connectivity index (χ0) is 28.0. The SMILES string of the molecule is C[C@H](c1cccc(C(=O)N2Cc3ccccc3C2)c1)N1C(=O)C(c2ccc(F)cc2)(c2ccc(F)cc2)N=C1N. The van der Waals surface area contributed by atoms with E-state index in [9.17, 15) is 18.4 Å². The van der Waals surface area contributed by atoms with Crippen LogP contribution in [0, 0.1) is 11.6 Å². The number of nitrogens with two attached hydrogens (primary N) is 1. The van der Waals surface area contributed by atoms with Crippen molar-refractivity contribution in [2.45, 2.75) is 31.6 Å². The van der Waals surface area contributed by atoms with Crippen molar-refractivity contribution in [1.29, 1.82) is 0 Å². The molecule has 0 fully saturated rings. The van der Waals surface area contributed by atoms with Crippen molar-refractivity contribution in [2.24, 2.45) is 10.7 Å². The lowest BCUT2D eigenvalue weighted by Crippen LogP contribution is -2.44. The molecule has 2 amide bonds.